The Morgan fingerprint density at radius 1 is 1.29 bits per heavy atom. The maximum Gasteiger partial charge on any atom is 0.342 e. The molecule has 1 aromatic heterocycles. The molecular formula is C10H6N2O5. The van der Waals surface area contributed by atoms with Gasteiger partial charge in [-0.15, -0.1) is 0 Å². The third-order valence-corrected chi connectivity index (χ3v) is 1.99. The number of hydrogen-bond acceptors (Lipinski definition) is 6. The smallest absolute Gasteiger partial charge is 0.342 e. The summed E-state index contributed by atoms with van der Waals surface area (Å²) in [6, 6.07) is 6.09. The second-order valence-corrected chi connectivity index (χ2v) is 3.14. The molecule has 0 bridgehead atoms. The first-order valence-electron chi connectivity index (χ1n) is 4.52. The summed E-state index contributed by atoms with van der Waals surface area (Å²) in [5, 5.41) is 19.6. The van der Waals surface area contributed by atoms with Crippen LogP contribution in [0.2, 0.25) is 0 Å². The maximum atomic E-state index is 11.0. The molecule has 0 saturated heterocycles. The fraction of sp³-hybridized carbons (Fsp3) is 0. The molecule has 2 rings (SSSR count). The summed E-state index contributed by atoms with van der Waals surface area (Å²) in [5.74, 6) is -0.556. The Hall–Kier alpha value is -2.70. The van der Waals surface area contributed by atoms with Crippen LogP contribution in [0.1, 0.15) is 0 Å². The lowest BCUT2D eigenvalue weighted by molar-refractivity contribution is -0.384. The van der Waals surface area contributed by atoms with Crippen molar-refractivity contribution in [3.63, 3.8) is 0 Å². The second-order valence-electron chi connectivity index (χ2n) is 3.14. The number of nitrogens with zero attached hydrogens (tertiary/aromatic N) is 2. The Kier molecular flexibility index (Phi) is 2.57. The van der Waals surface area contributed by atoms with Gasteiger partial charge in [-0.05, 0) is 12.1 Å². The van der Waals surface area contributed by atoms with Crippen LogP contribution >= 0.6 is 0 Å². The summed E-state index contributed by atoms with van der Waals surface area (Å²) in [4.78, 5) is 24.5. The molecule has 1 heterocycles. The monoisotopic (exact) mass is 234 g/mol. The van der Waals surface area contributed by atoms with Gasteiger partial charge in [-0.1, -0.05) is 0 Å². The molecule has 7 nitrogen and oxygen atoms in total. The van der Waals surface area contributed by atoms with Crippen molar-refractivity contribution in [1.29, 1.82) is 0 Å². The molecule has 0 spiro atoms. The SMILES string of the molecule is O=c1cc(O)nc(-c2ccc([N+](=O)[O-])cc2)o1. The number of non-ortho nitro benzene ring substituents is 1. The van der Waals surface area contributed by atoms with Gasteiger partial charge in [0, 0.05) is 17.7 Å². The highest BCUT2D eigenvalue weighted by Gasteiger charge is 2.09. The van der Waals surface area contributed by atoms with Crippen LogP contribution in [0.3, 0.4) is 0 Å². The third-order valence-electron chi connectivity index (χ3n) is 1.99. The lowest BCUT2D eigenvalue weighted by Crippen LogP contribution is -1.99. The van der Waals surface area contributed by atoms with Gasteiger partial charge in [-0.25, -0.2) is 4.79 Å². The standard InChI is InChI=1S/C10H6N2O5/c13-8-5-9(14)17-10(11-8)6-1-3-7(4-2-6)12(15)16/h1-5,13H. The number of hydrogen-bond donors (Lipinski definition) is 1. The van der Waals surface area contributed by atoms with Gasteiger partial charge in [0.05, 0.1) is 11.0 Å². The highest BCUT2D eigenvalue weighted by Crippen LogP contribution is 2.20. The number of benzene rings is 1. The van der Waals surface area contributed by atoms with E-state index in [1.807, 2.05) is 0 Å². The van der Waals surface area contributed by atoms with Crippen molar-refractivity contribution in [2.24, 2.45) is 0 Å². The Labute approximate surface area is 94.1 Å². The lowest BCUT2D eigenvalue weighted by atomic mass is 10.2. The van der Waals surface area contributed by atoms with Crippen LogP contribution in [0.15, 0.2) is 39.5 Å². The van der Waals surface area contributed by atoms with E-state index in [9.17, 15) is 14.9 Å². The van der Waals surface area contributed by atoms with Crippen LogP contribution < -0.4 is 5.63 Å². The summed E-state index contributed by atoms with van der Waals surface area (Å²) >= 11 is 0. The van der Waals surface area contributed by atoms with Crippen molar-refractivity contribution in [2.75, 3.05) is 0 Å². The molecule has 0 saturated carbocycles. The maximum absolute atomic E-state index is 11.0. The van der Waals surface area contributed by atoms with Crippen molar-refractivity contribution >= 4 is 5.69 Å². The minimum Gasteiger partial charge on any atom is -0.493 e. The second kappa shape index (κ2) is 4.05. The minimum absolute atomic E-state index is 0.0868. The van der Waals surface area contributed by atoms with Gasteiger partial charge in [-0.2, -0.15) is 4.98 Å². The van der Waals surface area contributed by atoms with E-state index in [-0.39, 0.29) is 11.6 Å². The highest BCUT2D eigenvalue weighted by atomic mass is 16.6. The molecule has 2 aromatic rings. The van der Waals surface area contributed by atoms with Crippen molar-refractivity contribution in [2.45, 2.75) is 0 Å². The Morgan fingerprint density at radius 3 is 2.47 bits per heavy atom. The van der Waals surface area contributed by atoms with Gasteiger partial charge < -0.3 is 9.52 Å². The summed E-state index contributed by atoms with van der Waals surface area (Å²) in [6.07, 6.45) is 0. The van der Waals surface area contributed by atoms with E-state index in [1.54, 1.807) is 0 Å². The predicted molar refractivity (Wildman–Crippen MR) is 56.5 cm³/mol. The molecule has 0 atom stereocenters. The molecule has 0 fully saturated rings. The van der Waals surface area contributed by atoms with Gasteiger partial charge in [-0.3, -0.25) is 10.1 Å². The molecule has 7 heteroatoms. The minimum atomic E-state index is -0.745. The average Bonchev–Trinajstić information content (AvgIpc) is 2.28. The van der Waals surface area contributed by atoms with Crippen LogP contribution in [-0.4, -0.2) is 15.0 Å². The molecule has 1 N–H and O–H groups in total. The molecule has 0 radical (unpaired) electrons. The topological polar surface area (TPSA) is 106 Å². The van der Waals surface area contributed by atoms with Gasteiger partial charge >= 0.3 is 5.63 Å². The summed E-state index contributed by atoms with van der Waals surface area (Å²) < 4.78 is 4.75. The summed E-state index contributed by atoms with van der Waals surface area (Å²) in [5.41, 5.74) is -0.467. The van der Waals surface area contributed by atoms with Crippen molar-refractivity contribution in [3.05, 3.63) is 50.9 Å². The zero-order valence-corrected chi connectivity index (χ0v) is 8.36. The molecule has 0 aliphatic rings. The first kappa shape index (κ1) is 10.8. The van der Waals surface area contributed by atoms with Crippen LogP contribution in [-0.2, 0) is 0 Å². The molecule has 17 heavy (non-hydrogen) atoms. The summed E-state index contributed by atoms with van der Waals surface area (Å²) in [6.45, 7) is 0. The molecular weight excluding hydrogens is 228 g/mol. The predicted octanol–water partition coefficient (Wildman–Crippen LogP) is 1.32. The molecule has 0 aliphatic carbocycles. The quantitative estimate of drug-likeness (QED) is 0.620. The van der Waals surface area contributed by atoms with Crippen molar-refractivity contribution in [3.8, 4) is 17.3 Å². The molecule has 0 amide bonds. The number of rotatable bonds is 2. The van der Waals surface area contributed by atoms with E-state index in [0.29, 0.717) is 5.56 Å². The fourth-order valence-corrected chi connectivity index (χ4v) is 1.24. The van der Waals surface area contributed by atoms with Crippen LogP contribution in [0.5, 0.6) is 5.88 Å². The van der Waals surface area contributed by atoms with E-state index >= 15 is 0 Å². The van der Waals surface area contributed by atoms with Crippen LogP contribution in [0.25, 0.3) is 11.5 Å². The van der Waals surface area contributed by atoms with E-state index in [2.05, 4.69) is 4.98 Å². The van der Waals surface area contributed by atoms with Crippen LogP contribution in [0.4, 0.5) is 5.69 Å². The van der Waals surface area contributed by atoms with E-state index < -0.39 is 16.4 Å². The zero-order chi connectivity index (χ0) is 12.4. The first-order valence-corrected chi connectivity index (χ1v) is 4.52. The van der Waals surface area contributed by atoms with E-state index in [0.717, 1.165) is 6.07 Å². The normalized spacial score (nSPS) is 10.1. The lowest BCUT2D eigenvalue weighted by Gasteiger charge is -1.98. The summed E-state index contributed by atoms with van der Waals surface area (Å²) in [7, 11) is 0. The number of aromatic hydroxyl groups is 1. The molecule has 0 unspecified atom stereocenters. The molecule has 0 aliphatic heterocycles. The van der Waals surface area contributed by atoms with Crippen LogP contribution in [0, 0.1) is 10.1 Å². The average molecular weight is 234 g/mol. The zero-order valence-electron chi connectivity index (χ0n) is 8.36. The van der Waals surface area contributed by atoms with Crippen molar-refractivity contribution in [1.82, 2.24) is 4.98 Å². The van der Waals surface area contributed by atoms with Crippen molar-refractivity contribution < 1.29 is 14.4 Å². The number of aromatic nitrogens is 1. The number of nitro benzene ring substituents is 1. The van der Waals surface area contributed by atoms with E-state index in [4.69, 9.17) is 9.52 Å². The largest absolute Gasteiger partial charge is 0.493 e. The molecule has 86 valence electrons. The fourth-order valence-electron chi connectivity index (χ4n) is 1.24. The Bertz CT molecular complexity index is 617. The Balaban J connectivity index is 2.46. The highest BCUT2D eigenvalue weighted by molar-refractivity contribution is 5.55. The third kappa shape index (κ3) is 2.28. The number of nitro groups is 1. The van der Waals surface area contributed by atoms with Gasteiger partial charge in [0.25, 0.3) is 5.69 Å². The van der Waals surface area contributed by atoms with E-state index in [1.165, 1.54) is 24.3 Å². The van der Waals surface area contributed by atoms with Gasteiger partial charge in [0.2, 0.25) is 11.8 Å². The molecule has 1 aromatic carbocycles. The van der Waals surface area contributed by atoms with Gasteiger partial charge in [0.15, 0.2) is 0 Å². The Morgan fingerprint density at radius 2 is 1.94 bits per heavy atom. The first-order chi connectivity index (χ1) is 8.06. The van der Waals surface area contributed by atoms with Gasteiger partial charge in [0.1, 0.15) is 0 Å².